The van der Waals surface area contributed by atoms with E-state index in [2.05, 4.69) is 27.5 Å². The normalized spacial score (nSPS) is 15.3. The predicted molar refractivity (Wildman–Crippen MR) is 79.9 cm³/mol. The smallest absolute Gasteiger partial charge is 0.270 e. The average Bonchev–Trinajstić information content (AvgIpc) is 2.91. The van der Waals surface area contributed by atoms with Gasteiger partial charge in [0.25, 0.3) is 5.91 Å². The number of nitrogens with one attached hydrogen (secondary N) is 2. The van der Waals surface area contributed by atoms with Crippen LogP contribution < -0.4 is 10.6 Å². The molecule has 2 N–H and O–H groups in total. The maximum Gasteiger partial charge on any atom is 0.270 e. The molecule has 1 aliphatic carbocycles. The van der Waals surface area contributed by atoms with Gasteiger partial charge in [-0.25, -0.2) is 9.97 Å². The van der Waals surface area contributed by atoms with Crippen molar-refractivity contribution in [1.29, 1.82) is 0 Å². The first-order valence-electron chi connectivity index (χ1n) is 7.59. The molecule has 1 fully saturated rings. The minimum absolute atomic E-state index is 0.0825. The number of aryl methyl sites for hydroxylation is 1. The van der Waals surface area contributed by atoms with Crippen LogP contribution in [0.1, 0.15) is 61.8 Å². The van der Waals surface area contributed by atoms with Gasteiger partial charge in [0.2, 0.25) is 0 Å². The van der Waals surface area contributed by atoms with Crippen molar-refractivity contribution in [3.8, 4) is 0 Å². The number of hydrogen-bond acceptors (Lipinski definition) is 4. The van der Waals surface area contributed by atoms with Crippen molar-refractivity contribution in [1.82, 2.24) is 15.3 Å². The molecule has 1 aromatic heterocycles. The van der Waals surface area contributed by atoms with Gasteiger partial charge in [0.05, 0.1) is 0 Å². The van der Waals surface area contributed by atoms with Crippen molar-refractivity contribution in [3.63, 3.8) is 0 Å². The Morgan fingerprint density at radius 1 is 1.35 bits per heavy atom. The molecule has 0 spiro atoms. The fourth-order valence-electron chi connectivity index (χ4n) is 2.50. The Bertz CT molecular complexity index is 455. The number of amides is 1. The highest BCUT2D eigenvalue weighted by molar-refractivity contribution is 5.93. The Balaban J connectivity index is 2.00. The molecule has 1 saturated carbocycles. The van der Waals surface area contributed by atoms with Gasteiger partial charge in [0.1, 0.15) is 17.3 Å². The number of anilines is 1. The summed E-state index contributed by atoms with van der Waals surface area (Å²) in [6.45, 7) is 4.83. The Hall–Kier alpha value is -1.65. The predicted octanol–water partition coefficient (Wildman–Crippen LogP) is 2.67. The molecule has 0 aromatic carbocycles. The van der Waals surface area contributed by atoms with E-state index in [9.17, 15) is 4.79 Å². The summed E-state index contributed by atoms with van der Waals surface area (Å²) in [5.74, 6) is 1.28. The largest absolute Gasteiger partial charge is 0.370 e. The first-order valence-corrected chi connectivity index (χ1v) is 7.59. The lowest BCUT2D eigenvalue weighted by Crippen LogP contribution is -2.33. The molecule has 0 aliphatic heterocycles. The van der Waals surface area contributed by atoms with Gasteiger partial charge in [-0.05, 0) is 26.2 Å². The third kappa shape index (κ3) is 4.18. The second-order valence-corrected chi connectivity index (χ2v) is 5.42. The minimum Gasteiger partial charge on any atom is -0.370 e. The van der Waals surface area contributed by atoms with Crippen molar-refractivity contribution in [2.45, 2.75) is 58.4 Å². The number of unbranched alkanes of at least 4 members (excludes halogenated alkanes) is 1. The van der Waals surface area contributed by atoms with Gasteiger partial charge in [-0.2, -0.15) is 0 Å². The van der Waals surface area contributed by atoms with E-state index in [1.165, 1.54) is 12.8 Å². The van der Waals surface area contributed by atoms with Gasteiger partial charge < -0.3 is 10.6 Å². The molecule has 0 bridgehead atoms. The summed E-state index contributed by atoms with van der Waals surface area (Å²) in [5, 5.41) is 6.30. The highest BCUT2D eigenvalue weighted by atomic mass is 16.1. The van der Waals surface area contributed by atoms with Crippen LogP contribution in [0.5, 0.6) is 0 Å². The summed E-state index contributed by atoms with van der Waals surface area (Å²) < 4.78 is 0. The number of carbonyl (C=O) groups is 1. The molecule has 1 aromatic rings. The van der Waals surface area contributed by atoms with E-state index in [1.54, 1.807) is 6.07 Å². The van der Waals surface area contributed by atoms with E-state index in [1.807, 2.05) is 6.92 Å². The van der Waals surface area contributed by atoms with Crippen molar-refractivity contribution >= 4 is 11.7 Å². The van der Waals surface area contributed by atoms with Gasteiger partial charge in [0, 0.05) is 18.7 Å². The molecule has 0 atom stereocenters. The van der Waals surface area contributed by atoms with Crippen LogP contribution in [-0.2, 0) is 0 Å². The third-order valence-corrected chi connectivity index (χ3v) is 3.60. The number of aromatic nitrogens is 2. The van der Waals surface area contributed by atoms with Crippen molar-refractivity contribution < 1.29 is 4.79 Å². The zero-order chi connectivity index (χ0) is 14.4. The third-order valence-electron chi connectivity index (χ3n) is 3.60. The highest BCUT2D eigenvalue weighted by Crippen LogP contribution is 2.18. The van der Waals surface area contributed by atoms with Gasteiger partial charge in [-0.1, -0.05) is 26.2 Å². The zero-order valence-corrected chi connectivity index (χ0v) is 12.4. The van der Waals surface area contributed by atoms with Gasteiger partial charge in [-0.3, -0.25) is 4.79 Å². The Morgan fingerprint density at radius 2 is 2.10 bits per heavy atom. The molecular weight excluding hydrogens is 252 g/mol. The fourth-order valence-corrected chi connectivity index (χ4v) is 2.50. The molecule has 5 nitrogen and oxygen atoms in total. The molecule has 1 amide bonds. The lowest BCUT2D eigenvalue weighted by Gasteiger charge is -2.12. The molecular formula is C15H24N4O. The van der Waals surface area contributed by atoms with Crippen LogP contribution in [0.2, 0.25) is 0 Å². The molecule has 1 heterocycles. The molecule has 0 saturated heterocycles. The first kappa shape index (κ1) is 14.8. The van der Waals surface area contributed by atoms with Crippen molar-refractivity contribution in [2.75, 3.05) is 11.9 Å². The van der Waals surface area contributed by atoms with Gasteiger partial charge >= 0.3 is 0 Å². The Labute approximate surface area is 120 Å². The maximum absolute atomic E-state index is 12.2. The molecule has 5 heteroatoms. The second-order valence-electron chi connectivity index (χ2n) is 5.42. The van der Waals surface area contributed by atoms with E-state index >= 15 is 0 Å². The monoisotopic (exact) mass is 276 g/mol. The van der Waals surface area contributed by atoms with E-state index in [0.717, 1.165) is 38.0 Å². The van der Waals surface area contributed by atoms with Crippen LogP contribution in [0.4, 0.5) is 5.82 Å². The Kier molecular flexibility index (Phi) is 5.32. The molecule has 0 radical (unpaired) electrons. The lowest BCUT2D eigenvalue weighted by molar-refractivity contribution is 0.0932. The SMILES string of the molecule is CCCCNc1cc(C(=O)NC2CCCC2)nc(C)n1. The minimum atomic E-state index is -0.0825. The van der Waals surface area contributed by atoms with Gasteiger partial charge in [-0.15, -0.1) is 0 Å². The second kappa shape index (κ2) is 7.22. The van der Waals surface area contributed by atoms with Crippen LogP contribution in [0.15, 0.2) is 6.07 Å². The number of rotatable bonds is 6. The number of nitrogens with zero attached hydrogens (tertiary/aromatic N) is 2. The van der Waals surface area contributed by atoms with E-state index in [-0.39, 0.29) is 5.91 Å². The highest BCUT2D eigenvalue weighted by Gasteiger charge is 2.19. The Morgan fingerprint density at radius 3 is 2.80 bits per heavy atom. The number of hydrogen-bond donors (Lipinski definition) is 2. The van der Waals surface area contributed by atoms with E-state index in [0.29, 0.717) is 17.6 Å². The molecule has 2 rings (SSSR count). The lowest BCUT2D eigenvalue weighted by atomic mass is 10.2. The summed E-state index contributed by atoms with van der Waals surface area (Å²) in [5.41, 5.74) is 0.461. The summed E-state index contributed by atoms with van der Waals surface area (Å²) in [4.78, 5) is 20.8. The molecule has 20 heavy (non-hydrogen) atoms. The van der Waals surface area contributed by atoms with Crippen LogP contribution in [-0.4, -0.2) is 28.5 Å². The van der Waals surface area contributed by atoms with Crippen LogP contribution >= 0.6 is 0 Å². The number of carbonyl (C=O) groups excluding carboxylic acids is 1. The van der Waals surface area contributed by atoms with Gasteiger partial charge in [0.15, 0.2) is 0 Å². The van der Waals surface area contributed by atoms with Crippen molar-refractivity contribution in [3.05, 3.63) is 17.6 Å². The fraction of sp³-hybridized carbons (Fsp3) is 0.667. The summed E-state index contributed by atoms with van der Waals surface area (Å²) in [6.07, 6.45) is 6.79. The maximum atomic E-state index is 12.2. The van der Waals surface area contributed by atoms with Crippen molar-refractivity contribution in [2.24, 2.45) is 0 Å². The topological polar surface area (TPSA) is 66.9 Å². The summed E-state index contributed by atoms with van der Waals surface area (Å²) >= 11 is 0. The standard InChI is InChI=1S/C15H24N4O/c1-3-4-9-16-14-10-13(17-11(2)18-14)15(20)19-12-7-5-6-8-12/h10,12H,3-9H2,1-2H3,(H,19,20)(H,16,17,18). The summed E-state index contributed by atoms with van der Waals surface area (Å²) in [7, 11) is 0. The quantitative estimate of drug-likeness (QED) is 0.784. The van der Waals surface area contributed by atoms with E-state index < -0.39 is 0 Å². The van der Waals surface area contributed by atoms with E-state index in [4.69, 9.17) is 0 Å². The molecule has 110 valence electrons. The first-order chi connectivity index (χ1) is 9.69. The molecule has 1 aliphatic rings. The summed E-state index contributed by atoms with van der Waals surface area (Å²) in [6, 6.07) is 2.06. The van der Waals surface area contributed by atoms with Crippen LogP contribution in [0.25, 0.3) is 0 Å². The molecule has 0 unspecified atom stereocenters. The van der Waals surface area contributed by atoms with Crippen LogP contribution in [0, 0.1) is 6.92 Å². The van der Waals surface area contributed by atoms with Crippen LogP contribution in [0.3, 0.4) is 0 Å². The average molecular weight is 276 g/mol. The zero-order valence-electron chi connectivity index (χ0n) is 12.4.